The van der Waals surface area contributed by atoms with Crippen LogP contribution >= 0.6 is 0 Å². The first-order chi connectivity index (χ1) is 8.84. The summed E-state index contributed by atoms with van der Waals surface area (Å²) in [6.07, 6.45) is 9.13. The van der Waals surface area contributed by atoms with Crippen molar-refractivity contribution in [1.82, 2.24) is 25.8 Å². The van der Waals surface area contributed by atoms with Crippen molar-refractivity contribution in [2.24, 2.45) is 0 Å². The van der Waals surface area contributed by atoms with Crippen LogP contribution in [-0.4, -0.2) is 40.4 Å². The third-order valence-corrected chi connectivity index (χ3v) is 3.62. The van der Waals surface area contributed by atoms with Crippen LogP contribution in [0.3, 0.4) is 0 Å². The van der Waals surface area contributed by atoms with E-state index in [0.717, 1.165) is 18.8 Å². The molecule has 0 saturated carbocycles. The molecule has 0 aliphatic carbocycles. The van der Waals surface area contributed by atoms with E-state index in [-0.39, 0.29) is 0 Å². The lowest BCUT2D eigenvalue weighted by Crippen LogP contribution is -2.37. The molecule has 102 valence electrons. The van der Waals surface area contributed by atoms with Crippen molar-refractivity contribution in [2.45, 2.75) is 57.5 Å². The molecule has 1 aromatic heterocycles. The van der Waals surface area contributed by atoms with Gasteiger partial charge in [0.2, 0.25) is 0 Å². The number of nitrogens with zero attached hydrogens (tertiary/aromatic N) is 2. The van der Waals surface area contributed by atoms with Gasteiger partial charge in [0.1, 0.15) is 12.2 Å². The van der Waals surface area contributed by atoms with Gasteiger partial charge in [-0.05, 0) is 32.7 Å². The normalized spacial score (nSPS) is 22.6. The predicted molar refractivity (Wildman–Crippen MR) is 72.4 cm³/mol. The molecule has 0 spiro atoms. The third-order valence-electron chi connectivity index (χ3n) is 3.62. The molecule has 0 bridgehead atoms. The molecule has 1 fully saturated rings. The van der Waals surface area contributed by atoms with Crippen molar-refractivity contribution in [2.75, 3.05) is 13.1 Å². The Kier molecular flexibility index (Phi) is 5.61. The summed E-state index contributed by atoms with van der Waals surface area (Å²) in [6.45, 7) is 4.42. The molecular weight excluding hydrogens is 226 g/mol. The Balaban J connectivity index is 1.60. The van der Waals surface area contributed by atoms with Gasteiger partial charge < -0.3 is 10.6 Å². The van der Waals surface area contributed by atoms with E-state index < -0.39 is 0 Å². The van der Waals surface area contributed by atoms with E-state index in [0.29, 0.717) is 12.1 Å². The highest BCUT2D eigenvalue weighted by atomic mass is 15.2. The largest absolute Gasteiger partial charge is 0.314 e. The zero-order valence-corrected chi connectivity index (χ0v) is 11.3. The Morgan fingerprint density at radius 3 is 3.22 bits per heavy atom. The lowest BCUT2D eigenvalue weighted by molar-refractivity contribution is 0.404. The molecule has 2 atom stereocenters. The molecule has 2 heterocycles. The summed E-state index contributed by atoms with van der Waals surface area (Å²) >= 11 is 0. The van der Waals surface area contributed by atoms with Crippen molar-refractivity contribution >= 4 is 0 Å². The maximum Gasteiger partial charge on any atom is 0.137 e. The van der Waals surface area contributed by atoms with Crippen molar-refractivity contribution in [3.05, 3.63) is 12.2 Å². The molecule has 1 aromatic rings. The van der Waals surface area contributed by atoms with Crippen molar-refractivity contribution in [1.29, 1.82) is 0 Å². The topological polar surface area (TPSA) is 65.6 Å². The lowest BCUT2D eigenvalue weighted by atomic mass is 10.0. The second-order valence-electron chi connectivity index (χ2n) is 5.27. The summed E-state index contributed by atoms with van der Waals surface area (Å²) in [7, 11) is 0. The molecule has 1 aliphatic rings. The standard InChI is InChI=1S/C13H25N5/c1-11(9-12-5-3-2-4-7-15-12)14-8-6-13-16-10-17-18-13/h10-12,14-15H,2-9H2,1H3,(H,16,17,18). The van der Waals surface area contributed by atoms with Crippen molar-refractivity contribution in [3.63, 3.8) is 0 Å². The van der Waals surface area contributed by atoms with Gasteiger partial charge in [0.25, 0.3) is 0 Å². The van der Waals surface area contributed by atoms with E-state index in [1.165, 1.54) is 38.6 Å². The van der Waals surface area contributed by atoms with Gasteiger partial charge in [-0.25, -0.2) is 4.98 Å². The molecule has 18 heavy (non-hydrogen) atoms. The average molecular weight is 251 g/mol. The molecule has 2 rings (SSSR count). The molecular formula is C13H25N5. The number of aromatic amines is 1. The second kappa shape index (κ2) is 7.48. The smallest absolute Gasteiger partial charge is 0.137 e. The van der Waals surface area contributed by atoms with Crippen molar-refractivity contribution in [3.8, 4) is 0 Å². The van der Waals surface area contributed by atoms with Crippen LogP contribution in [0.1, 0.15) is 44.9 Å². The van der Waals surface area contributed by atoms with Gasteiger partial charge >= 0.3 is 0 Å². The minimum atomic E-state index is 0.559. The molecule has 0 amide bonds. The minimum Gasteiger partial charge on any atom is -0.314 e. The Morgan fingerprint density at radius 2 is 2.39 bits per heavy atom. The van der Waals surface area contributed by atoms with Gasteiger partial charge in [-0.2, -0.15) is 5.10 Å². The van der Waals surface area contributed by atoms with Gasteiger partial charge in [0, 0.05) is 25.0 Å². The quantitative estimate of drug-likeness (QED) is 0.712. The summed E-state index contributed by atoms with van der Waals surface area (Å²) < 4.78 is 0. The van der Waals surface area contributed by atoms with E-state index in [1.807, 2.05) is 0 Å². The second-order valence-corrected chi connectivity index (χ2v) is 5.27. The third kappa shape index (κ3) is 4.74. The molecule has 1 aliphatic heterocycles. The Hall–Kier alpha value is -0.940. The number of nitrogens with one attached hydrogen (secondary N) is 3. The highest BCUT2D eigenvalue weighted by Gasteiger charge is 2.14. The fourth-order valence-electron chi connectivity index (χ4n) is 2.60. The van der Waals surface area contributed by atoms with E-state index in [2.05, 4.69) is 32.7 Å². The van der Waals surface area contributed by atoms with Crippen molar-refractivity contribution < 1.29 is 0 Å². The average Bonchev–Trinajstić information content (AvgIpc) is 2.74. The SMILES string of the molecule is CC(CC1CCCCCN1)NCCc1ncn[nH]1. The predicted octanol–water partition coefficient (Wildman–Crippen LogP) is 1.25. The van der Waals surface area contributed by atoms with Gasteiger partial charge in [-0.15, -0.1) is 0 Å². The number of H-pyrrole nitrogens is 1. The monoisotopic (exact) mass is 251 g/mol. The van der Waals surface area contributed by atoms with Crippen LogP contribution < -0.4 is 10.6 Å². The van der Waals surface area contributed by atoms with Gasteiger partial charge in [-0.1, -0.05) is 12.8 Å². The highest BCUT2D eigenvalue weighted by Crippen LogP contribution is 2.12. The van der Waals surface area contributed by atoms with Crippen LogP contribution in [-0.2, 0) is 6.42 Å². The number of rotatable bonds is 6. The number of hydrogen-bond acceptors (Lipinski definition) is 4. The maximum absolute atomic E-state index is 4.12. The van der Waals surface area contributed by atoms with Crippen LogP contribution in [0.2, 0.25) is 0 Å². The Morgan fingerprint density at radius 1 is 1.44 bits per heavy atom. The molecule has 3 N–H and O–H groups in total. The van der Waals surface area contributed by atoms with Crippen LogP contribution in [0.5, 0.6) is 0 Å². The summed E-state index contributed by atoms with van der Waals surface area (Å²) in [5.41, 5.74) is 0. The minimum absolute atomic E-state index is 0.559. The lowest BCUT2D eigenvalue weighted by Gasteiger charge is -2.21. The summed E-state index contributed by atoms with van der Waals surface area (Å²) in [5.74, 6) is 0.960. The van der Waals surface area contributed by atoms with Crippen LogP contribution in [0.15, 0.2) is 6.33 Å². The first-order valence-corrected chi connectivity index (χ1v) is 7.15. The molecule has 0 radical (unpaired) electrons. The van der Waals surface area contributed by atoms with Crippen LogP contribution in [0.4, 0.5) is 0 Å². The molecule has 5 heteroatoms. The number of hydrogen-bond donors (Lipinski definition) is 3. The van der Waals surface area contributed by atoms with Crippen LogP contribution in [0.25, 0.3) is 0 Å². The Labute approximate surface area is 109 Å². The van der Waals surface area contributed by atoms with Gasteiger partial charge in [0.05, 0.1) is 0 Å². The zero-order chi connectivity index (χ0) is 12.6. The van der Waals surface area contributed by atoms with E-state index in [4.69, 9.17) is 0 Å². The Bertz CT molecular complexity index is 303. The molecule has 0 aromatic carbocycles. The van der Waals surface area contributed by atoms with E-state index >= 15 is 0 Å². The number of aromatic nitrogens is 3. The summed E-state index contributed by atoms with van der Waals surface area (Å²) in [5, 5.41) is 13.9. The summed E-state index contributed by atoms with van der Waals surface area (Å²) in [4.78, 5) is 4.12. The highest BCUT2D eigenvalue weighted by molar-refractivity contribution is 4.82. The van der Waals surface area contributed by atoms with Crippen LogP contribution in [0, 0.1) is 0 Å². The molecule has 1 saturated heterocycles. The van der Waals surface area contributed by atoms with E-state index in [1.54, 1.807) is 6.33 Å². The first kappa shape index (κ1) is 13.5. The molecule has 5 nitrogen and oxygen atoms in total. The summed E-state index contributed by atoms with van der Waals surface area (Å²) in [6, 6.07) is 1.25. The first-order valence-electron chi connectivity index (χ1n) is 7.15. The molecule has 2 unspecified atom stereocenters. The zero-order valence-electron chi connectivity index (χ0n) is 11.3. The van der Waals surface area contributed by atoms with Gasteiger partial charge in [-0.3, -0.25) is 5.10 Å². The maximum atomic E-state index is 4.12. The fraction of sp³-hybridized carbons (Fsp3) is 0.846. The van der Waals surface area contributed by atoms with Gasteiger partial charge in [0.15, 0.2) is 0 Å². The van der Waals surface area contributed by atoms with E-state index in [9.17, 15) is 0 Å². The fourth-order valence-corrected chi connectivity index (χ4v) is 2.60.